The van der Waals surface area contributed by atoms with Gasteiger partial charge in [-0.1, -0.05) is 13.0 Å². The van der Waals surface area contributed by atoms with Crippen LogP contribution in [0.5, 0.6) is 0 Å². The largest absolute Gasteiger partial charge is 0.339 e. The van der Waals surface area contributed by atoms with Crippen LogP contribution >= 0.6 is 0 Å². The van der Waals surface area contributed by atoms with Crippen LogP contribution in [0.2, 0.25) is 0 Å². The molecule has 3 amide bonds. The van der Waals surface area contributed by atoms with Crippen molar-refractivity contribution in [3.63, 3.8) is 0 Å². The number of likely N-dealkylation sites (tertiary alicyclic amines) is 1. The van der Waals surface area contributed by atoms with E-state index in [4.69, 9.17) is 0 Å². The van der Waals surface area contributed by atoms with Gasteiger partial charge in [0.1, 0.15) is 11.6 Å². The number of hydrogen-bond acceptors (Lipinski definition) is 2. The van der Waals surface area contributed by atoms with Gasteiger partial charge in [-0.2, -0.15) is 0 Å². The first-order valence-corrected chi connectivity index (χ1v) is 8.84. The number of urea groups is 1. The van der Waals surface area contributed by atoms with Crippen molar-refractivity contribution in [2.75, 3.05) is 23.7 Å². The third kappa shape index (κ3) is 5.03. The Morgan fingerprint density at radius 1 is 0.963 bits per heavy atom. The number of nitrogens with one attached hydrogen (secondary N) is 2. The van der Waals surface area contributed by atoms with Crippen LogP contribution in [0.4, 0.5) is 25.0 Å². The van der Waals surface area contributed by atoms with Crippen LogP contribution in [0, 0.1) is 17.6 Å². The van der Waals surface area contributed by atoms with Gasteiger partial charge >= 0.3 is 6.03 Å². The lowest BCUT2D eigenvalue weighted by Crippen LogP contribution is -2.37. The molecule has 27 heavy (non-hydrogen) atoms. The van der Waals surface area contributed by atoms with Gasteiger partial charge in [0.05, 0.1) is 0 Å². The highest BCUT2D eigenvalue weighted by atomic mass is 19.1. The van der Waals surface area contributed by atoms with Crippen LogP contribution in [0.3, 0.4) is 0 Å². The maximum absolute atomic E-state index is 13.2. The van der Waals surface area contributed by atoms with E-state index in [1.54, 1.807) is 24.3 Å². The number of carbonyl (C=O) groups excluding carboxylic acids is 2. The molecule has 142 valence electrons. The number of hydrogen-bond donors (Lipinski definition) is 2. The van der Waals surface area contributed by atoms with Gasteiger partial charge in [-0.3, -0.25) is 4.79 Å². The summed E-state index contributed by atoms with van der Waals surface area (Å²) in [4.78, 5) is 26.5. The molecular weight excluding hydrogens is 352 g/mol. The molecule has 1 heterocycles. The van der Waals surface area contributed by atoms with Gasteiger partial charge in [0, 0.05) is 36.1 Å². The molecule has 0 saturated carbocycles. The first kappa shape index (κ1) is 18.8. The fourth-order valence-electron chi connectivity index (χ4n) is 3.04. The predicted octanol–water partition coefficient (Wildman–Crippen LogP) is 4.48. The molecule has 0 aromatic heterocycles. The fourth-order valence-corrected chi connectivity index (χ4v) is 3.04. The number of carbonyl (C=O) groups is 2. The summed E-state index contributed by atoms with van der Waals surface area (Å²) in [5, 5.41) is 4.93. The molecule has 0 aliphatic carbocycles. The molecule has 1 saturated heterocycles. The van der Waals surface area contributed by atoms with Crippen LogP contribution in [-0.4, -0.2) is 29.9 Å². The highest BCUT2D eigenvalue weighted by Crippen LogP contribution is 2.20. The maximum atomic E-state index is 13.2. The van der Waals surface area contributed by atoms with Crippen molar-refractivity contribution in [3.8, 4) is 0 Å². The van der Waals surface area contributed by atoms with E-state index in [0.717, 1.165) is 44.1 Å². The van der Waals surface area contributed by atoms with E-state index < -0.39 is 17.7 Å². The van der Waals surface area contributed by atoms with Crippen molar-refractivity contribution >= 4 is 23.3 Å². The Bertz CT molecular complexity index is 829. The number of piperidine rings is 1. The third-order valence-electron chi connectivity index (χ3n) is 4.56. The monoisotopic (exact) mass is 373 g/mol. The molecule has 0 spiro atoms. The minimum absolute atomic E-state index is 0.000308. The van der Waals surface area contributed by atoms with Crippen molar-refractivity contribution in [2.24, 2.45) is 5.92 Å². The van der Waals surface area contributed by atoms with E-state index in [2.05, 4.69) is 17.6 Å². The van der Waals surface area contributed by atoms with Crippen molar-refractivity contribution in [1.82, 2.24) is 4.90 Å². The summed E-state index contributed by atoms with van der Waals surface area (Å²) in [6, 6.07) is 8.70. The van der Waals surface area contributed by atoms with Crippen molar-refractivity contribution < 1.29 is 18.4 Å². The van der Waals surface area contributed by atoms with Crippen LogP contribution in [-0.2, 0) is 0 Å². The average Bonchev–Trinajstić information content (AvgIpc) is 2.61. The smallest absolute Gasteiger partial charge is 0.323 e. The van der Waals surface area contributed by atoms with E-state index in [9.17, 15) is 18.4 Å². The van der Waals surface area contributed by atoms with Gasteiger partial charge in [0.15, 0.2) is 0 Å². The number of amides is 3. The lowest BCUT2D eigenvalue weighted by Gasteiger charge is -2.30. The molecule has 1 aliphatic rings. The summed E-state index contributed by atoms with van der Waals surface area (Å²) in [7, 11) is 0. The lowest BCUT2D eigenvalue weighted by atomic mass is 9.98. The molecular formula is C20H21F2N3O2. The fraction of sp³-hybridized carbons (Fsp3) is 0.300. The second-order valence-electron chi connectivity index (χ2n) is 6.79. The van der Waals surface area contributed by atoms with Gasteiger partial charge in [-0.25, -0.2) is 13.6 Å². The summed E-state index contributed by atoms with van der Waals surface area (Å²) in [5.41, 5.74) is 0.902. The van der Waals surface area contributed by atoms with Gasteiger partial charge in [-0.15, -0.1) is 0 Å². The minimum atomic E-state index is -0.784. The van der Waals surface area contributed by atoms with Crippen LogP contribution in [0.1, 0.15) is 30.1 Å². The Balaban J connectivity index is 1.64. The molecule has 2 aromatic rings. The Morgan fingerprint density at radius 2 is 1.59 bits per heavy atom. The zero-order valence-electron chi connectivity index (χ0n) is 15.0. The summed E-state index contributed by atoms with van der Waals surface area (Å²) in [6.45, 7) is 3.63. The number of nitrogens with zero attached hydrogens (tertiary/aromatic N) is 1. The Morgan fingerprint density at radius 3 is 2.26 bits per heavy atom. The first-order valence-electron chi connectivity index (χ1n) is 8.84. The molecule has 1 fully saturated rings. The number of rotatable bonds is 3. The van der Waals surface area contributed by atoms with Crippen molar-refractivity contribution in [3.05, 3.63) is 59.7 Å². The zero-order chi connectivity index (χ0) is 19.4. The molecule has 0 radical (unpaired) electrons. The Hall–Kier alpha value is -2.96. The SMILES string of the molecule is CC1CCN(C(=O)c2cccc(NC(=O)Nc3cc(F)cc(F)c3)c2)CC1. The molecule has 2 aromatic carbocycles. The Labute approximate surface area is 156 Å². The standard InChI is InChI=1S/C20H21F2N3O2/c1-13-5-7-25(8-6-13)19(26)14-3-2-4-17(9-14)23-20(27)24-18-11-15(21)10-16(22)12-18/h2-4,9-13H,5-8H2,1H3,(H2,23,24,27). The second kappa shape index (κ2) is 8.16. The zero-order valence-corrected chi connectivity index (χ0v) is 15.0. The second-order valence-corrected chi connectivity index (χ2v) is 6.79. The normalized spacial score (nSPS) is 14.7. The van der Waals surface area contributed by atoms with E-state index >= 15 is 0 Å². The first-order chi connectivity index (χ1) is 12.9. The Kier molecular flexibility index (Phi) is 5.69. The van der Waals surface area contributed by atoms with Crippen LogP contribution in [0.15, 0.2) is 42.5 Å². The third-order valence-corrected chi connectivity index (χ3v) is 4.56. The highest BCUT2D eigenvalue weighted by molar-refractivity contribution is 6.01. The summed E-state index contributed by atoms with van der Waals surface area (Å²) < 4.78 is 26.4. The lowest BCUT2D eigenvalue weighted by molar-refractivity contribution is 0.0697. The summed E-state index contributed by atoms with van der Waals surface area (Å²) in [5.74, 6) is -1.01. The molecule has 2 N–H and O–H groups in total. The molecule has 0 atom stereocenters. The highest BCUT2D eigenvalue weighted by Gasteiger charge is 2.21. The predicted molar refractivity (Wildman–Crippen MR) is 99.7 cm³/mol. The number of halogens is 2. The van der Waals surface area contributed by atoms with Gasteiger partial charge < -0.3 is 15.5 Å². The molecule has 5 nitrogen and oxygen atoms in total. The number of benzene rings is 2. The van der Waals surface area contributed by atoms with E-state index in [-0.39, 0.29) is 11.6 Å². The van der Waals surface area contributed by atoms with E-state index in [0.29, 0.717) is 17.2 Å². The summed E-state index contributed by atoms with van der Waals surface area (Å²) in [6.07, 6.45) is 1.96. The molecule has 0 unspecified atom stereocenters. The topological polar surface area (TPSA) is 61.4 Å². The van der Waals surface area contributed by atoms with E-state index in [1.807, 2.05) is 4.90 Å². The molecule has 7 heteroatoms. The maximum Gasteiger partial charge on any atom is 0.323 e. The summed E-state index contributed by atoms with van der Waals surface area (Å²) >= 11 is 0. The van der Waals surface area contributed by atoms with E-state index in [1.165, 1.54) is 0 Å². The van der Waals surface area contributed by atoms with Crippen LogP contribution < -0.4 is 10.6 Å². The number of anilines is 2. The molecule has 3 rings (SSSR count). The quantitative estimate of drug-likeness (QED) is 0.833. The van der Waals surface area contributed by atoms with Gasteiger partial charge in [0.25, 0.3) is 5.91 Å². The van der Waals surface area contributed by atoms with Crippen LogP contribution in [0.25, 0.3) is 0 Å². The van der Waals surface area contributed by atoms with Crippen molar-refractivity contribution in [1.29, 1.82) is 0 Å². The van der Waals surface area contributed by atoms with Gasteiger partial charge in [-0.05, 0) is 49.1 Å². The minimum Gasteiger partial charge on any atom is -0.339 e. The molecule has 1 aliphatic heterocycles. The van der Waals surface area contributed by atoms with Crippen molar-refractivity contribution in [2.45, 2.75) is 19.8 Å². The van der Waals surface area contributed by atoms with Gasteiger partial charge in [0.2, 0.25) is 0 Å². The average molecular weight is 373 g/mol. The molecule has 0 bridgehead atoms.